The lowest BCUT2D eigenvalue weighted by molar-refractivity contribution is -0.122. The minimum Gasteiger partial charge on any atom is -0.326 e. The Kier molecular flexibility index (Phi) is 5.60. The number of aryl methyl sites for hydroxylation is 1. The molecule has 2 aromatic rings. The lowest BCUT2D eigenvalue weighted by atomic mass is 10.1. The molecule has 1 aliphatic heterocycles. The molecule has 0 spiro atoms. The van der Waals surface area contributed by atoms with E-state index in [9.17, 15) is 14.4 Å². The van der Waals surface area contributed by atoms with Gasteiger partial charge in [-0.05, 0) is 48.9 Å². The van der Waals surface area contributed by atoms with Crippen LogP contribution in [0.3, 0.4) is 0 Å². The number of halogens is 1. The Morgan fingerprint density at radius 3 is 2.56 bits per heavy atom. The second-order valence-electron chi connectivity index (χ2n) is 6.59. The van der Waals surface area contributed by atoms with E-state index in [2.05, 4.69) is 26.6 Å². The summed E-state index contributed by atoms with van der Waals surface area (Å²) in [5.74, 6) is -0.888. The summed E-state index contributed by atoms with van der Waals surface area (Å²) in [5.41, 5.74) is 3.01. The van der Waals surface area contributed by atoms with E-state index < -0.39 is 5.92 Å². The van der Waals surface area contributed by atoms with Gasteiger partial charge in [-0.25, -0.2) is 0 Å². The first-order valence-corrected chi connectivity index (χ1v) is 9.38. The minimum atomic E-state index is -0.425. The molecule has 0 aliphatic carbocycles. The summed E-state index contributed by atoms with van der Waals surface area (Å²) in [4.78, 5) is 37.8. The van der Waals surface area contributed by atoms with Gasteiger partial charge in [-0.2, -0.15) is 0 Å². The van der Waals surface area contributed by atoms with Gasteiger partial charge in [0.05, 0.1) is 5.92 Å². The third-order valence-electron chi connectivity index (χ3n) is 4.40. The van der Waals surface area contributed by atoms with E-state index in [-0.39, 0.29) is 24.1 Å². The Labute approximate surface area is 166 Å². The zero-order chi connectivity index (χ0) is 19.6. The fourth-order valence-corrected chi connectivity index (χ4v) is 3.30. The number of hydrogen-bond donors (Lipinski definition) is 2. The number of rotatable bonds is 4. The molecular formula is C20H20BrN3O3. The van der Waals surface area contributed by atoms with Gasteiger partial charge in [-0.1, -0.05) is 22.0 Å². The molecule has 2 N–H and O–H groups in total. The molecule has 7 heteroatoms. The molecule has 27 heavy (non-hydrogen) atoms. The largest absolute Gasteiger partial charge is 0.326 e. The van der Waals surface area contributed by atoms with Crippen LogP contribution in [-0.4, -0.2) is 24.3 Å². The molecular weight excluding hydrogens is 410 g/mol. The van der Waals surface area contributed by atoms with E-state index in [1.807, 2.05) is 25.1 Å². The molecule has 1 aliphatic rings. The Hall–Kier alpha value is -2.67. The first-order valence-electron chi connectivity index (χ1n) is 8.58. The van der Waals surface area contributed by atoms with Crippen LogP contribution in [0.2, 0.25) is 0 Å². The van der Waals surface area contributed by atoms with Crippen molar-refractivity contribution in [3.05, 3.63) is 52.5 Å². The number of nitrogens with one attached hydrogen (secondary N) is 2. The van der Waals surface area contributed by atoms with Crippen LogP contribution < -0.4 is 15.5 Å². The molecule has 0 unspecified atom stereocenters. The summed E-state index contributed by atoms with van der Waals surface area (Å²) in [7, 11) is 0. The average molecular weight is 430 g/mol. The molecule has 0 radical (unpaired) electrons. The summed E-state index contributed by atoms with van der Waals surface area (Å²) in [5, 5.41) is 5.59. The Bertz CT molecular complexity index is 913. The van der Waals surface area contributed by atoms with Crippen molar-refractivity contribution in [2.75, 3.05) is 22.1 Å². The number of hydrogen-bond acceptors (Lipinski definition) is 3. The van der Waals surface area contributed by atoms with Gasteiger partial charge in [0, 0.05) is 41.4 Å². The van der Waals surface area contributed by atoms with E-state index in [1.165, 1.54) is 6.92 Å². The quantitative estimate of drug-likeness (QED) is 0.777. The molecule has 1 atom stereocenters. The zero-order valence-corrected chi connectivity index (χ0v) is 16.7. The van der Waals surface area contributed by atoms with E-state index in [0.717, 1.165) is 10.0 Å². The van der Waals surface area contributed by atoms with Crippen molar-refractivity contribution in [3.63, 3.8) is 0 Å². The van der Waals surface area contributed by atoms with E-state index in [1.54, 1.807) is 29.2 Å². The van der Waals surface area contributed by atoms with Crippen molar-refractivity contribution in [1.82, 2.24) is 0 Å². The number of carbonyl (C=O) groups excluding carboxylic acids is 3. The highest BCUT2D eigenvalue weighted by molar-refractivity contribution is 9.10. The van der Waals surface area contributed by atoms with Crippen LogP contribution in [0.25, 0.3) is 0 Å². The minimum absolute atomic E-state index is 0.109. The molecule has 3 amide bonds. The summed E-state index contributed by atoms with van der Waals surface area (Å²) in [6.07, 6.45) is 0.158. The highest BCUT2D eigenvalue weighted by Gasteiger charge is 2.35. The number of nitrogens with zero attached hydrogens (tertiary/aromatic N) is 1. The maximum absolute atomic E-state index is 12.6. The van der Waals surface area contributed by atoms with Crippen molar-refractivity contribution in [2.24, 2.45) is 5.92 Å². The van der Waals surface area contributed by atoms with Crippen molar-refractivity contribution in [3.8, 4) is 0 Å². The third kappa shape index (κ3) is 4.54. The average Bonchev–Trinajstić information content (AvgIpc) is 3.00. The predicted octanol–water partition coefficient (Wildman–Crippen LogP) is 3.71. The zero-order valence-electron chi connectivity index (χ0n) is 15.1. The molecule has 1 fully saturated rings. The molecule has 1 heterocycles. The molecule has 6 nitrogen and oxygen atoms in total. The van der Waals surface area contributed by atoms with Crippen molar-refractivity contribution < 1.29 is 14.4 Å². The lowest BCUT2D eigenvalue weighted by Gasteiger charge is -2.18. The van der Waals surface area contributed by atoms with Crippen LogP contribution in [0.4, 0.5) is 17.1 Å². The van der Waals surface area contributed by atoms with Crippen LogP contribution in [0.1, 0.15) is 18.9 Å². The van der Waals surface area contributed by atoms with Gasteiger partial charge in [0.1, 0.15) is 0 Å². The normalized spacial score (nSPS) is 16.3. The maximum Gasteiger partial charge on any atom is 0.229 e. The number of anilines is 3. The number of benzene rings is 2. The molecule has 140 valence electrons. The topological polar surface area (TPSA) is 78.5 Å². The summed E-state index contributed by atoms with van der Waals surface area (Å²) < 4.78 is 0.974. The van der Waals surface area contributed by atoms with E-state index in [4.69, 9.17) is 0 Å². The summed E-state index contributed by atoms with van der Waals surface area (Å²) in [6, 6.07) is 12.6. The van der Waals surface area contributed by atoms with Gasteiger partial charge in [-0.3, -0.25) is 14.4 Å². The fourth-order valence-electron chi connectivity index (χ4n) is 3.05. The third-order valence-corrected chi connectivity index (χ3v) is 5.29. The molecule has 0 bridgehead atoms. The van der Waals surface area contributed by atoms with Crippen LogP contribution in [-0.2, 0) is 14.4 Å². The number of carbonyl (C=O) groups is 3. The maximum atomic E-state index is 12.6. The van der Waals surface area contributed by atoms with Crippen LogP contribution in [0, 0.1) is 12.8 Å². The predicted molar refractivity (Wildman–Crippen MR) is 109 cm³/mol. The summed E-state index contributed by atoms with van der Waals surface area (Å²) >= 11 is 3.43. The van der Waals surface area contributed by atoms with Gasteiger partial charge < -0.3 is 15.5 Å². The Morgan fingerprint density at radius 1 is 1.11 bits per heavy atom. The highest BCUT2D eigenvalue weighted by Crippen LogP contribution is 2.28. The van der Waals surface area contributed by atoms with Crippen LogP contribution >= 0.6 is 15.9 Å². The van der Waals surface area contributed by atoms with E-state index >= 15 is 0 Å². The second-order valence-corrected chi connectivity index (χ2v) is 7.44. The fraction of sp³-hybridized carbons (Fsp3) is 0.250. The van der Waals surface area contributed by atoms with Gasteiger partial charge in [0.25, 0.3) is 0 Å². The molecule has 2 aromatic carbocycles. The monoisotopic (exact) mass is 429 g/mol. The lowest BCUT2D eigenvalue weighted by Crippen LogP contribution is -2.28. The van der Waals surface area contributed by atoms with Crippen molar-refractivity contribution in [1.29, 1.82) is 0 Å². The highest BCUT2D eigenvalue weighted by atomic mass is 79.9. The van der Waals surface area contributed by atoms with Gasteiger partial charge in [-0.15, -0.1) is 0 Å². The standard InChI is InChI=1S/C20H20BrN3O3/c1-12-8-16(6-7-18(12)21)23-20(27)14-9-19(26)24(11-14)17-5-3-4-15(10-17)22-13(2)25/h3-8,10,14H,9,11H2,1-2H3,(H,22,25)(H,23,27)/t14-/m1/s1. The van der Waals surface area contributed by atoms with Crippen molar-refractivity contribution in [2.45, 2.75) is 20.3 Å². The summed E-state index contributed by atoms with van der Waals surface area (Å²) in [6.45, 7) is 3.68. The van der Waals surface area contributed by atoms with Crippen LogP contribution in [0.15, 0.2) is 46.9 Å². The second kappa shape index (κ2) is 7.92. The van der Waals surface area contributed by atoms with E-state index in [0.29, 0.717) is 23.6 Å². The molecule has 0 aromatic heterocycles. The first-order chi connectivity index (χ1) is 12.8. The molecule has 1 saturated heterocycles. The SMILES string of the molecule is CC(=O)Nc1cccc(N2C[C@H](C(=O)Nc3ccc(Br)c(C)c3)CC2=O)c1. The Balaban J connectivity index is 1.70. The van der Waals surface area contributed by atoms with Gasteiger partial charge >= 0.3 is 0 Å². The van der Waals surface area contributed by atoms with Gasteiger partial charge in [0.2, 0.25) is 17.7 Å². The molecule has 3 rings (SSSR count). The van der Waals surface area contributed by atoms with Crippen molar-refractivity contribution >= 4 is 50.7 Å². The smallest absolute Gasteiger partial charge is 0.229 e. The Morgan fingerprint density at radius 2 is 1.85 bits per heavy atom. The number of amides is 3. The van der Waals surface area contributed by atoms with Crippen LogP contribution in [0.5, 0.6) is 0 Å². The first kappa shape index (κ1) is 19.1. The van der Waals surface area contributed by atoms with Gasteiger partial charge in [0.15, 0.2) is 0 Å². The molecule has 0 saturated carbocycles.